The van der Waals surface area contributed by atoms with Crippen LogP contribution in [0.25, 0.3) is 21.7 Å². The number of rotatable bonds is 2. The predicted octanol–water partition coefficient (Wildman–Crippen LogP) is 4.59. The molecule has 1 aliphatic heterocycles. The van der Waals surface area contributed by atoms with Crippen molar-refractivity contribution in [1.29, 1.82) is 0 Å². The molecule has 1 aliphatic rings. The van der Waals surface area contributed by atoms with E-state index in [0.717, 1.165) is 29.2 Å². The maximum Gasteiger partial charge on any atom is 0.344 e. The lowest BCUT2D eigenvalue weighted by atomic mass is 9.96. The maximum atomic E-state index is 12.4. The smallest absolute Gasteiger partial charge is 0.344 e. The molecule has 1 unspecified atom stereocenters. The van der Waals surface area contributed by atoms with Crippen molar-refractivity contribution in [2.24, 2.45) is 0 Å². The van der Waals surface area contributed by atoms with Gasteiger partial charge in [0, 0.05) is 23.6 Å². The second-order valence-corrected chi connectivity index (χ2v) is 7.44. The van der Waals surface area contributed by atoms with Gasteiger partial charge in [0.05, 0.1) is 17.6 Å². The summed E-state index contributed by atoms with van der Waals surface area (Å²) in [5, 5.41) is 2.39. The van der Waals surface area contributed by atoms with Gasteiger partial charge in [0.15, 0.2) is 0 Å². The largest absolute Gasteiger partial charge is 0.490 e. The van der Waals surface area contributed by atoms with Crippen molar-refractivity contribution in [2.45, 2.75) is 45.3 Å². The molecule has 4 rings (SSSR count). The Kier molecular flexibility index (Phi) is 3.80. The van der Waals surface area contributed by atoms with Crippen molar-refractivity contribution in [3.05, 3.63) is 52.4 Å². The van der Waals surface area contributed by atoms with Gasteiger partial charge in [0.2, 0.25) is 0 Å². The molecule has 0 spiro atoms. The molecule has 25 heavy (non-hydrogen) atoms. The van der Waals surface area contributed by atoms with E-state index < -0.39 is 0 Å². The first kappa shape index (κ1) is 16.2. The van der Waals surface area contributed by atoms with Crippen LogP contribution in [0.5, 0.6) is 5.75 Å². The summed E-state index contributed by atoms with van der Waals surface area (Å²) in [5.74, 6) is 0.703. The lowest BCUT2D eigenvalue weighted by Crippen LogP contribution is -2.39. The molecule has 0 N–H and O–H groups in total. The van der Waals surface area contributed by atoms with Gasteiger partial charge in [-0.05, 0) is 50.6 Å². The van der Waals surface area contributed by atoms with E-state index in [2.05, 4.69) is 13.8 Å². The third kappa shape index (κ3) is 3.14. The van der Waals surface area contributed by atoms with Crippen LogP contribution in [0.2, 0.25) is 0 Å². The van der Waals surface area contributed by atoms with Crippen molar-refractivity contribution in [2.75, 3.05) is 6.61 Å². The number of aryl methyl sites for hydroxylation is 1. The van der Waals surface area contributed by atoms with Crippen LogP contribution >= 0.6 is 0 Å². The Bertz CT molecular complexity index is 1000. The van der Waals surface area contributed by atoms with Gasteiger partial charge in [-0.1, -0.05) is 12.1 Å². The van der Waals surface area contributed by atoms with Crippen molar-refractivity contribution in [1.82, 2.24) is 0 Å². The Morgan fingerprint density at radius 2 is 1.88 bits per heavy atom. The first-order chi connectivity index (χ1) is 11.9. The second kappa shape index (κ2) is 5.88. The molecule has 2 heterocycles. The van der Waals surface area contributed by atoms with Gasteiger partial charge >= 0.3 is 5.63 Å². The first-order valence-electron chi connectivity index (χ1n) is 8.69. The summed E-state index contributed by atoms with van der Waals surface area (Å²) < 4.78 is 17.4. The lowest BCUT2D eigenvalue weighted by molar-refractivity contribution is -0.0896. The monoisotopic (exact) mass is 338 g/mol. The van der Waals surface area contributed by atoms with Crippen LogP contribution in [0.15, 0.2) is 45.6 Å². The fraction of sp³-hybridized carbons (Fsp3) is 0.381. The zero-order valence-corrected chi connectivity index (χ0v) is 14.8. The number of ether oxygens (including phenoxy) is 2. The minimum Gasteiger partial charge on any atom is -0.490 e. The molecule has 4 heteroatoms. The predicted molar refractivity (Wildman–Crippen MR) is 98.4 cm³/mol. The highest BCUT2D eigenvalue weighted by molar-refractivity contribution is 6.04. The molecular weight excluding hydrogens is 316 g/mol. The molecule has 3 aromatic rings. The van der Waals surface area contributed by atoms with Crippen molar-refractivity contribution < 1.29 is 13.9 Å². The molecule has 0 amide bonds. The summed E-state index contributed by atoms with van der Waals surface area (Å²) in [6.45, 7) is 6.82. The van der Waals surface area contributed by atoms with Crippen molar-refractivity contribution in [3.8, 4) is 5.75 Å². The molecule has 0 bridgehead atoms. The fourth-order valence-electron chi connectivity index (χ4n) is 3.56. The standard InChI is InChI=1S/C21H22O4/c1-13-4-6-17-16-7-5-14(11-18(16)20(22)25-19(17)10-13)24-15-8-9-23-21(2,3)12-15/h4-7,10-11,15H,8-9,12H2,1-3H3. The number of fused-ring (bicyclic) bond motifs is 3. The van der Waals surface area contributed by atoms with E-state index in [9.17, 15) is 4.79 Å². The van der Waals surface area contributed by atoms with Gasteiger partial charge < -0.3 is 13.9 Å². The molecular formula is C21H22O4. The average molecular weight is 338 g/mol. The van der Waals surface area contributed by atoms with Crippen LogP contribution in [-0.4, -0.2) is 18.3 Å². The average Bonchev–Trinajstić information content (AvgIpc) is 2.54. The number of hydrogen-bond donors (Lipinski definition) is 0. The summed E-state index contributed by atoms with van der Waals surface area (Å²) in [6, 6.07) is 11.6. The second-order valence-electron chi connectivity index (χ2n) is 7.44. The van der Waals surface area contributed by atoms with E-state index in [1.165, 1.54) is 0 Å². The zero-order valence-electron chi connectivity index (χ0n) is 14.8. The van der Waals surface area contributed by atoms with E-state index in [1.54, 1.807) is 6.07 Å². The zero-order chi connectivity index (χ0) is 17.6. The van der Waals surface area contributed by atoms with Crippen molar-refractivity contribution >= 4 is 21.7 Å². The summed E-state index contributed by atoms with van der Waals surface area (Å²) >= 11 is 0. The molecule has 0 aliphatic carbocycles. The molecule has 1 saturated heterocycles. The van der Waals surface area contributed by atoms with E-state index in [-0.39, 0.29) is 17.3 Å². The Morgan fingerprint density at radius 3 is 2.68 bits per heavy atom. The van der Waals surface area contributed by atoms with Gasteiger partial charge in [0.1, 0.15) is 17.4 Å². The van der Waals surface area contributed by atoms with E-state index in [0.29, 0.717) is 23.3 Å². The molecule has 4 nitrogen and oxygen atoms in total. The molecule has 1 aromatic heterocycles. The van der Waals surface area contributed by atoms with Gasteiger partial charge in [-0.25, -0.2) is 4.79 Å². The SMILES string of the molecule is Cc1ccc2c(c1)oc(=O)c1cc(OC3CCOC(C)(C)C3)ccc12. The summed E-state index contributed by atoms with van der Waals surface area (Å²) in [7, 11) is 0. The third-order valence-electron chi connectivity index (χ3n) is 4.80. The minimum absolute atomic E-state index is 0.0938. The quantitative estimate of drug-likeness (QED) is 0.506. The molecule has 0 radical (unpaired) electrons. The highest BCUT2D eigenvalue weighted by Crippen LogP contribution is 2.30. The number of benzene rings is 2. The third-order valence-corrected chi connectivity index (χ3v) is 4.80. The van der Waals surface area contributed by atoms with E-state index in [4.69, 9.17) is 13.9 Å². The maximum absolute atomic E-state index is 12.4. The van der Waals surface area contributed by atoms with Crippen LogP contribution in [0.3, 0.4) is 0 Å². The molecule has 130 valence electrons. The topological polar surface area (TPSA) is 48.7 Å². The Labute approximate surface area is 146 Å². The summed E-state index contributed by atoms with van der Waals surface area (Å²) in [5.41, 5.74) is 1.19. The normalized spacial score (nSPS) is 20.0. The van der Waals surface area contributed by atoms with Gasteiger partial charge in [-0.2, -0.15) is 0 Å². The summed E-state index contributed by atoms with van der Waals surface area (Å²) in [6.07, 6.45) is 1.78. The molecule has 1 atom stereocenters. The van der Waals surface area contributed by atoms with Crippen LogP contribution in [0.4, 0.5) is 0 Å². The Balaban J connectivity index is 1.73. The highest BCUT2D eigenvalue weighted by Gasteiger charge is 2.30. The first-order valence-corrected chi connectivity index (χ1v) is 8.69. The Hall–Kier alpha value is -2.33. The highest BCUT2D eigenvalue weighted by atomic mass is 16.5. The van der Waals surface area contributed by atoms with Crippen LogP contribution in [0, 0.1) is 6.92 Å². The van der Waals surface area contributed by atoms with Crippen LogP contribution < -0.4 is 10.4 Å². The van der Waals surface area contributed by atoms with Crippen LogP contribution in [-0.2, 0) is 4.74 Å². The molecule has 2 aromatic carbocycles. The van der Waals surface area contributed by atoms with Gasteiger partial charge in [0.25, 0.3) is 0 Å². The van der Waals surface area contributed by atoms with E-state index in [1.807, 2.05) is 37.3 Å². The van der Waals surface area contributed by atoms with Gasteiger partial charge in [-0.3, -0.25) is 0 Å². The minimum atomic E-state index is -0.328. The van der Waals surface area contributed by atoms with Crippen LogP contribution in [0.1, 0.15) is 32.3 Å². The summed E-state index contributed by atoms with van der Waals surface area (Å²) in [4.78, 5) is 12.4. The lowest BCUT2D eigenvalue weighted by Gasteiger charge is -2.35. The number of hydrogen-bond acceptors (Lipinski definition) is 4. The Morgan fingerprint density at radius 1 is 1.08 bits per heavy atom. The fourth-order valence-corrected chi connectivity index (χ4v) is 3.56. The van der Waals surface area contributed by atoms with Gasteiger partial charge in [-0.15, -0.1) is 0 Å². The molecule has 1 fully saturated rings. The van der Waals surface area contributed by atoms with Crippen molar-refractivity contribution in [3.63, 3.8) is 0 Å². The van der Waals surface area contributed by atoms with E-state index >= 15 is 0 Å². The molecule has 0 saturated carbocycles.